The fraction of sp³-hybridized carbons (Fsp3) is 0.733. The molecule has 1 rings (SSSR count). The van der Waals surface area contributed by atoms with E-state index in [0.29, 0.717) is 12.0 Å². The number of nitrogens with two attached hydrogens (primary N) is 1. The third kappa shape index (κ3) is 3.90. The Hall–Kier alpha value is -1.20. The van der Waals surface area contributed by atoms with Crippen LogP contribution in [0, 0.1) is 19.3 Å². The molecule has 1 aromatic rings. The van der Waals surface area contributed by atoms with Crippen LogP contribution in [0.3, 0.4) is 0 Å². The molecule has 0 bridgehead atoms. The molecule has 0 saturated carbocycles. The molecule has 2 unspecified atom stereocenters. The molecule has 0 aliphatic heterocycles. The van der Waals surface area contributed by atoms with E-state index in [1.165, 1.54) is 0 Å². The first-order chi connectivity index (χ1) is 9.34. The van der Waals surface area contributed by atoms with Crippen molar-refractivity contribution in [2.45, 2.75) is 65.7 Å². The quantitative estimate of drug-likeness (QED) is 0.804. The van der Waals surface area contributed by atoms with E-state index in [0.717, 1.165) is 30.7 Å². The van der Waals surface area contributed by atoms with Gasteiger partial charge in [-0.25, -0.2) is 0 Å². The number of aryl methyl sites for hydroxylation is 2. The van der Waals surface area contributed by atoms with Crippen molar-refractivity contribution < 1.29 is 4.74 Å². The number of nitrogens with zero attached hydrogens (tertiary/aromatic N) is 2. The summed E-state index contributed by atoms with van der Waals surface area (Å²) in [4.78, 5) is 4.33. The summed E-state index contributed by atoms with van der Waals surface area (Å²) in [6.07, 6.45) is 4.69. The molecule has 1 heterocycles. The minimum Gasteiger partial charge on any atom is -0.353 e. The second-order valence-electron chi connectivity index (χ2n) is 5.57. The molecule has 5 nitrogen and oxygen atoms in total. The fourth-order valence-corrected chi connectivity index (χ4v) is 2.35. The van der Waals surface area contributed by atoms with Crippen LogP contribution in [0.1, 0.15) is 51.4 Å². The molecule has 114 valence electrons. The van der Waals surface area contributed by atoms with Crippen LogP contribution in [0.5, 0.6) is 0 Å². The van der Waals surface area contributed by atoms with Crippen LogP contribution >= 0.6 is 0 Å². The minimum absolute atomic E-state index is 0.115. The minimum atomic E-state index is -0.524. The Morgan fingerprint density at radius 3 is 2.70 bits per heavy atom. The summed E-state index contributed by atoms with van der Waals surface area (Å²) in [5, 5.41) is 8.23. The third-order valence-electron chi connectivity index (χ3n) is 3.68. The van der Waals surface area contributed by atoms with Gasteiger partial charge >= 0.3 is 0 Å². The van der Waals surface area contributed by atoms with Crippen molar-refractivity contribution in [1.82, 2.24) is 9.55 Å². The highest BCUT2D eigenvalue weighted by atomic mass is 16.5. The summed E-state index contributed by atoms with van der Waals surface area (Å²) in [5.74, 6) is 0. The zero-order chi connectivity index (χ0) is 15.3. The van der Waals surface area contributed by atoms with Gasteiger partial charge in [-0.1, -0.05) is 6.92 Å². The summed E-state index contributed by atoms with van der Waals surface area (Å²) in [7, 11) is 0. The molecule has 0 spiro atoms. The summed E-state index contributed by atoms with van der Waals surface area (Å²) in [6, 6.07) is 0. The highest BCUT2D eigenvalue weighted by Crippen LogP contribution is 2.24. The Morgan fingerprint density at radius 2 is 2.15 bits per heavy atom. The second-order valence-corrected chi connectivity index (χ2v) is 5.57. The predicted molar refractivity (Wildman–Crippen MR) is 80.3 cm³/mol. The van der Waals surface area contributed by atoms with Crippen LogP contribution in [0.2, 0.25) is 0 Å². The van der Waals surface area contributed by atoms with Gasteiger partial charge in [0.15, 0.2) is 0 Å². The maximum Gasteiger partial charge on any atom is 0.148 e. The normalized spacial score (nSPS) is 15.9. The molecule has 0 aliphatic carbocycles. The summed E-state index contributed by atoms with van der Waals surface area (Å²) in [5.41, 5.74) is 7.06. The average molecular weight is 280 g/mol. The van der Waals surface area contributed by atoms with Gasteiger partial charge in [0.1, 0.15) is 11.2 Å². The lowest BCUT2D eigenvalue weighted by Gasteiger charge is -2.35. The monoisotopic (exact) mass is 280 g/mol. The Bertz CT molecular complexity index is 497. The van der Waals surface area contributed by atoms with Gasteiger partial charge in [0, 0.05) is 6.20 Å². The standard InChI is InChI=1S/C15H28N4O/c1-6-15(5,20-12(3)8-7-9-16)19-10-11(2)18-13(4)14(19)17/h10,12,17H,6-9,16H2,1-5H3. The molecule has 0 radical (unpaired) electrons. The van der Waals surface area contributed by atoms with E-state index >= 15 is 0 Å². The van der Waals surface area contributed by atoms with Gasteiger partial charge in [-0.2, -0.15) is 0 Å². The van der Waals surface area contributed by atoms with Crippen LogP contribution in [0.4, 0.5) is 0 Å². The van der Waals surface area contributed by atoms with E-state index in [2.05, 4.69) is 18.8 Å². The van der Waals surface area contributed by atoms with Crippen LogP contribution in [-0.4, -0.2) is 22.2 Å². The highest BCUT2D eigenvalue weighted by Gasteiger charge is 2.28. The SMILES string of the molecule is CCC(C)(OC(C)CCCN)n1cc(C)nc(C)c1=N. The molecular formula is C15H28N4O. The first-order valence-corrected chi connectivity index (χ1v) is 7.34. The van der Waals surface area contributed by atoms with E-state index < -0.39 is 5.72 Å². The van der Waals surface area contributed by atoms with Gasteiger partial charge < -0.3 is 15.0 Å². The zero-order valence-electron chi connectivity index (χ0n) is 13.4. The van der Waals surface area contributed by atoms with Crippen molar-refractivity contribution in [2.24, 2.45) is 5.73 Å². The molecular weight excluding hydrogens is 252 g/mol. The largest absolute Gasteiger partial charge is 0.353 e. The van der Waals surface area contributed by atoms with E-state index in [1.54, 1.807) is 0 Å². The van der Waals surface area contributed by atoms with Crippen molar-refractivity contribution >= 4 is 0 Å². The predicted octanol–water partition coefficient (Wildman–Crippen LogP) is 2.21. The number of aromatic nitrogens is 2. The lowest BCUT2D eigenvalue weighted by atomic mass is 10.1. The summed E-state index contributed by atoms with van der Waals surface area (Å²) >= 11 is 0. The molecule has 1 aromatic heterocycles. The van der Waals surface area contributed by atoms with Crippen molar-refractivity contribution in [3.8, 4) is 0 Å². The molecule has 0 amide bonds. The lowest BCUT2D eigenvalue weighted by molar-refractivity contribution is -0.137. The van der Waals surface area contributed by atoms with E-state index in [-0.39, 0.29) is 6.10 Å². The topological polar surface area (TPSA) is 76.9 Å². The Labute approximate surface area is 121 Å². The van der Waals surface area contributed by atoms with Gasteiger partial charge in [0.2, 0.25) is 0 Å². The van der Waals surface area contributed by atoms with Crippen LogP contribution in [0.25, 0.3) is 0 Å². The summed E-state index contributed by atoms with van der Waals surface area (Å²) < 4.78 is 8.12. The first-order valence-electron chi connectivity index (χ1n) is 7.34. The van der Waals surface area contributed by atoms with Crippen LogP contribution in [0.15, 0.2) is 6.20 Å². The van der Waals surface area contributed by atoms with Gasteiger partial charge in [-0.3, -0.25) is 10.4 Å². The Kier molecular flexibility index (Phi) is 5.89. The number of hydrogen-bond acceptors (Lipinski definition) is 4. The summed E-state index contributed by atoms with van der Waals surface area (Å²) in [6.45, 7) is 10.7. The molecule has 20 heavy (non-hydrogen) atoms. The Morgan fingerprint density at radius 1 is 1.50 bits per heavy atom. The smallest absolute Gasteiger partial charge is 0.148 e. The van der Waals surface area contributed by atoms with E-state index in [1.807, 2.05) is 31.5 Å². The van der Waals surface area contributed by atoms with Crippen LogP contribution < -0.4 is 11.2 Å². The molecule has 3 N–H and O–H groups in total. The van der Waals surface area contributed by atoms with Gasteiger partial charge in [0.25, 0.3) is 0 Å². The third-order valence-corrected chi connectivity index (χ3v) is 3.68. The van der Waals surface area contributed by atoms with Gasteiger partial charge in [-0.05, 0) is 53.5 Å². The second kappa shape index (κ2) is 6.99. The van der Waals surface area contributed by atoms with Crippen molar-refractivity contribution in [3.05, 3.63) is 23.1 Å². The van der Waals surface area contributed by atoms with Gasteiger partial charge in [0.05, 0.1) is 17.5 Å². The lowest BCUT2D eigenvalue weighted by Crippen LogP contribution is -2.43. The molecule has 0 fully saturated rings. The molecule has 0 aliphatic rings. The maximum atomic E-state index is 8.23. The fourth-order valence-electron chi connectivity index (χ4n) is 2.35. The maximum absolute atomic E-state index is 8.23. The first kappa shape index (κ1) is 16.9. The molecule has 5 heteroatoms. The molecule has 0 saturated heterocycles. The van der Waals surface area contributed by atoms with E-state index in [4.69, 9.17) is 15.9 Å². The number of ether oxygens (including phenoxy) is 1. The van der Waals surface area contributed by atoms with Crippen molar-refractivity contribution in [1.29, 1.82) is 5.41 Å². The van der Waals surface area contributed by atoms with Crippen molar-refractivity contribution in [3.63, 3.8) is 0 Å². The van der Waals surface area contributed by atoms with E-state index in [9.17, 15) is 0 Å². The molecule has 2 atom stereocenters. The van der Waals surface area contributed by atoms with Gasteiger partial charge in [-0.15, -0.1) is 0 Å². The van der Waals surface area contributed by atoms with Crippen molar-refractivity contribution in [2.75, 3.05) is 6.54 Å². The number of nitrogens with one attached hydrogen (secondary N) is 1. The number of rotatable bonds is 7. The zero-order valence-corrected chi connectivity index (χ0v) is 13.4. The molecule has 0 aromatic carbocycles. The van der Waals surface area contributed by atoms with Crippen LogP contribution in [-0.2, 0) is 10.5 Å². The Balaban J connectivity index is 3.07. The number of hydrogen-bond donors (Lipinski definition) is 2. The average Bonchev–Trinajstić information content (AvgIpc) is 2.40. The highest BCUT2D eigenvalue weighted by molar-refractivity contribution is 5.02.